The molecular formula is C17H17N3O. The van der Waals surface area contributed by atoms with Crippen molar-refractivity contribution in [3.63, 3.8) is 0 Å². The molecule has 0 saturated heterocycles. The van der Waals surface area contributed by atoms with E-state index in [-0.39, 0.29) is 0 Å². The van der Waals surface area contributed by atoms with Gasteiger partial charge in [0.05, 0.1) is 5.69 Å². The lowest BCUT2D eigenvalue weighted by Gasteiger charge is -2.08. The van der Waals surface area contributed by atoms with E-state index in [2.05, 4.69) is 10.3 Å². The molecule has 21 heavy (non-hydrogen) atoms. The number of nitrogens with zero attached hydrogens (tertiary/aromatic N) is 2. The van der Waals surface area contributed by atoms with E-state index in [1.807, 2.05) is 79.3 Å². The van der Waals surface area contributed by atoms with Crippen molar-refractivity contribution in [2.45, 2.75) is 6.92 Å². The zero-order chi connectivity index (χ0) is 14.7. The van der Waals surface area contributed by atoms with Gasteiger partial charge in [-0.25, -0.2) is 4.98 Å². The van der Waals surface area contributed by atoms with E-state index in [4.69, 9.17) is 4.74 Å². The van der Waals surface area contributed by atoms with Gasteiger partial charge in [-0.3, -0.25) is 0 Å². The van der Waals surface area contributed by atoms with Gasteiger partial charge in [0, 0.05) is 18.9 Å². The number of para-hydroxylation sites is 1. The summed E-state index contributed by atoms with van der Waals surface area (Å²) < 4.78 is 7.72. The fourth-order valence-corrected chi connectivity index (χ4v) is 2.09. The summed E-state index contributed by atoms with van der Waals surface area (Å²) in [5, 5.41) is 3.28. The number of rotatable bonds is 4. The van der Waals surface area contributed by atoms with Crippen LogP contribution in [-0.2, 0) is 7.05 Å². The van der Waals surface area contributed by atoms with Gasteiger partial charge in [0.15, 0.2) is 0 Å². The number of benzene rings is 2. The number of aromatic nitrogens is 2. The van der Waals surface area contributed by atoms with Crippen molar-refractivity contribution in [1.29, 1.82) is 0 Å². The maximum atomic E-state index is 5.76. The summed E-state index contributed by atoms with van der Waals surface area (Å²) in [4.78, 5) is 4.42. The molecule has 3 rings (SSSR count). The van der Waals surface area contributed by atoms with Crippen LogP contribution in [0.3, 0.4) is 0 Å². The van der Waals surface area contributed by atoms with E-state index in [0.717, 1.165) is 28.8 Å². The Hall–Kier alpha value is -2.75. The molecule has 3 aromatic rings. The summed E-state index contributed by atoms with van der Waals surface area (Å²) >= 11 is 0. The summed E-state index contributed by atoms with van der Waals surface area (Å²) in [6.45, 7) is 1.97. The molecule has 4 nitrogen and oxygen atoms in total. The van der Waals surface area contributed by atoms with E-state index in [9.17, 15) is 0 Å². The molecule has 0 spiro atoms. The van der Waals surface area contributed by atoms with Crippen LogP contribution in [0, 0.1) is 6.92 Å². The number of hydrogen-bond acceptors (Lipinski definition) is 3. The second kappa shape index (κ2) is 5.71. The van der Waals surface area contributed by atoms with Crippen LogP contribution in [0.1, 0.15) is 5.69 Å². The van der Waals surface area contributed by atoms with Crippen LogP contribution in [0.5, 0.6) is 11.5 Å². The summed E-state index contributed by atoms with van der Waals surface area (Å²) in [5.74, 6) is 2.46. The smallest absolute Gasteiger partial charge is 0.207 e. The molecule has 4 heteroatoms. The Labute approximate surface area is 124 Å². The highest BCUT2D eigenvalue weighted by Gasteiger charge is 2.03. The molecule has 0 amide bonds. The number of aryl methyl sites for hydroxylation is 2. The molecule has 0 saturated carbocycles. The second-order valence-electron chi connectivity index (χ2n) is 4.88. The lowest BCUT2D eigenvalue weighted by atomic mass is 10.3. The van der Waals surface area contributed by atoms with Crippen molar-refractivity contribution in [3.05, 3.63) is 66.5 Å². The van der Waals surface area contributed by atoms with Crippen molar-refractivity contribution in [1.82, 2.24) is 9.55 Å². The van der Waals surface area contributed by atoms with E-state index >= 15 is 0 Å². The van der Waals surface area contributed by atoms with Crippen LogP contribution >= 0.6 is 0 Å². The monoisotopic (exact) mass is 279 g/mol. The van der Waals surface area contributed by atoms with Crippen LogP contribution in [0.25, 0.3) is 0 Å². The van der Waals surface area contributed by atoms with Gasteiger partial charge in [0.1, 0.15) is 11.5 Å². The summed E-state index contributed by atoms with van der Waals surface area (Å²) in [6, 6.07) is 17.6. The first-order valence-electron chi connectivity index (χ1n) is 6.81. The first-order valence-corrected chi connectivity index (χ1v) is 6.81. The van der Waals surface area contributed by atoms with Gasteiger partial charge in [-0.05, 0) is 43.3 Å². The van der Waals surface area contributed by atoms with Gasteiger partial charge >= 0.3 is 0 Å². The number of ether oxygens (including phenoxy) is 1. The van der Waals surface area contributed by atoms with Crippen LogP contribution in [0.2, 0.25) is 0 Å². The van der Waals surface area contributed by atoms with Gasteiger partial charge in [-0.15, -0.1) is 0 Å². The van der Waals surface area contributed by atoms with E-state index < -0.39 is 0 Å². The highest BCUT2D eigenvalue weighted by molar-refractivity contribution is 5.55. The quantitative estimate of drug-likeness (QED) is 0.775. The highest BCUT2D eigenvalue weighted by Crippen LogP contribution is 2.24. The Morgan fingerprint density at radius 2 is 1.62 bits per heavy atom. The average molecular weight is 279 g/mol. The summed E-state index contributed by atoms with van der Waals surface area (Å²) in [5.41, 5.74) is 1.97. The van der Waals surface area contributed by atoms with Gasteiger partial charge in [-0.2, -0.15) is 0 Å². The molecule has 0 fully saturated rings. The largest absolute Gasteiger partial charge is 0.457 e. The second-order valence-corrected chi connectivity index (χ2v) is 4.88. The number of imidazole rings is 1. The molecular weight excluding hydrogens is 262 g/mol. The lowest BCUT2D eigenvalue weighted by Crippen LogP contribution is -1.98. The first kappa shape index (κ1) is 13.2. The van der Waals surface area contributed by atoms with Crippen LogP contribution in [0.15, 0.2) is 60.8 Å². The summed E-state index contributed by atoms with van der Waals surface area (Å²) in [6.07, 6.45) is 1.98. The summed E-state index contributed by atoms with van der Waals surface area (Å²) in [7, 11) is 1.97. The van der Waals surface area contributed by atoms with Crippen molar-refractivity contribution in [2.75, 3.05) is 5.32 Å². The van der Waals surface area contributed by atoms with E-state index in [1.165, 1.54) is 0 Å². The minimum atomic E-state index is 0.808. The maximum Gasteiger partial charge on any atom is 0.207 e. The van der Waals surface area contributed by atoms with Gasteiger partial charge < -0.3 is 14.6 Å². The van der Waals surface area contributed by atoms with Crippen LogP contribution in [-0.4, -0.2) is 9.55 Å². The SMILES string of the molecule is Cc1cn(C)c(Nc2ccc(Oc3ccccc3)cc2)n1. The maximum absolute atomic E-state index is 5.76. The fraction of sp³-hybridized carbons (Fsp3) is 0.118. The Morgan fingerprint density at radius 1 is 0.952 bits per heavy atom. The minimum absolute atomic E-state index is 0.808. The Morgan fingerprint density at radius 3 is 2.24 bits per heavy atom. The molecule has 106 valence electrons. The number of anilines is 2. The van der Waals surface area contributed by atoms with Crippen molar-refractivity contribution in [3.8, 4) is 11.5 Å². The Kier molecular flexibility index (Phi) is 3.60. The molecule has 0 aliphatic heterocycles. The zero-order valence-corrected chi connectivity index (χ0v) is 12.1. The number of hydrogen-bond donors (Lipinski definition) is 1. The van der Waals surface area contributed by atoms with Gasteiger partial charge in [0.25, 0.3) is 0 Å². The molecule has 1 heterocycles. The molecule has 2 aromatic carbocycles. The topological polar surface area (TPSA) is 39.1 Å². The Balaban J connectivity index is 1.71. The van der Waals surface area contributed by atoms with Crippen LogP contribution < -0.4 is 10.1 Å². The molecule has 0 radical (unpaired) electrons. The van der Waals surface area contributed by atoms with E-state index in [1.54, 1.807) is 0 Å². The van der Waals surface area contributed by atoms with Crippen molar-refractivity contribution in [2.24, 2.45) is 7.05 Å². The number of nitrogens with one attached hydrogen (secondary N) is 1. The van der Waals surface area contributed by atoms with Gasteiger partial charge in [-0.1, -0.05) is 18.2 Å². The third-order valence-corrected chi connectivity index (χ3v) is 3.09. The molecule has 1 aromatic heterocycles. The predicted octanol–water partition coefficient (Wildman–Crippen LogP) is 4.26. The fourth-order valence-electron chi connectivity index (χ4n) is 2.09. The zero-order valence-electron chi connectivity index (χ0n) is 12.1. The van der Waals surface area contributed by atoms with E-state index in [0.29, 0.717) is 0 Å². The standard InChI is InChI=1S/C17H17N3O/c1-13-12-20(2)17(18-13)19-14-8-10-16(11-9-14)21-15-6-4-3-5-7-15/h3-12H,1-2H3,(H,18,19). The third kappa shape index (κ3) is 3.23. The van der Waals surface area contributed by atoms with Crippen molar-refractivity contribution < 1.29 is 4.74 Å². The highest BCUT2D eigenvalue weighted by atomic mass is 16.5. The van der Waals surface area contributed by atoms with Gasteiger partial charge in [0.2, 0.25) is 5.95 Å². The average Bonchev–Trinajstić information content (AvgIpc) is 2.80. The van der Waals surface area contributed by atoms with Crippen LogP contribution in [0.4, 0.5) is 11.6 Å². The third-order valence-electron chi connectivity index (χ3n) is 3.09. The molecule has 0 unspecified atom stereocenters. The lowest BCUT2D eigenvalue weighted by molar-refractivity contribution is 0.483. The molecule has 0 bridgehead atoms. The normalized spacial score (nSPS) is 10.4. The molecule has 0 aliphatic rings. The molecule has 1 N–H and O–H groups in total. The predicted molar refractivity (Wildman–Crippen MR) is 84.2 cm³/mol. The van der Waals surface area contributed by atoms with Crippen molar-refractivity contribution >= 4 is 11.6 Å². The molecule has 0 aliphatic carbocycles. The molecule has 0 atom stereocenters. The minimum Gasteiger partial charge on any atom is -0.457 e. The Bertz CT molecular complexity index is 718. The first-order chi connectivity index (χ1) is 10.2.